The van der Waals surface area contributed by atoms with Gasteiger partial charge in [-0.05, 0) is 37.5 Å². The van der Waals surface area contributed by atoms with Crippen LogP contribution in [-0.4, -0.2) is 96.7 Å². The zero-order chi connectivity index (χ0) is 72.8. The summed E-state index contributed by atoms with van der Waals surface area (Å²) in [7, 11) is -9.91. The summed E-state index contributed by atoms with van der Waals surface area (Å²) in [5.41, 5.74) is 0. The molecule has 2 unspecified atom stereocenters. The molecule has 0 fully saturated rings. The molecule has 0 aliphatic carbocycles. The topological polar surface area (TPSA) is 237 Å². The first-order valence-corrected chi connectivity index (χ1v) is 44.5. The van der Waals surface area contributed by atoms with E-state index in [1.807, 2.05) is 0 Å². The van der Waals surface area contributed by atoms with E-state index in [2.05, 4.69) is 41.5 Å². The molecule has 0 aromatic rings. The molecule has 0 amide bonds. The van der Waals surface area contributed by atoms with E-state index in [4.69, 9.17) is 37.0 Å². The number of phosphoric acid groups is 2. The van der Waals surface area contributed by atoms with Gasteiger partial charge in [0.1, 0.15) is 19.3 Å². The van der Waals surface area contributed by atoms with Crippen molar-refractivity contribution >= 4 is 39.5 Å². The molecule has 0 rings (SSSR count). The van der Waals surface area contributed by atoms with Crippen LogP contribution < -0.4 is 0 Å². The molecule has 0 heterocycles. The van der Waals surface area contributed by atoms with E-state index in [1.165, 1.54) is 238 Å². The number of esters is 4. The molecule has 19 heteroatoms. The number of aliphatic hydroxyl groups excluding tert-OH is 1. The standard InChI is InChI=1S/C80H156O17P2/c1-7-9-11-13-15-17-18-19-20-21-22-23-24-27-31-34-40-46-52-58-64-79(84)96-76(69-91-78(83)63-57-51-45-39-33-30-28-25-26-29-32-37-42-48-54-60-72(3)4)71-95-99(88,89)93-67-74(81)66-92-98(86,87)94-70-75(68-90-77(82)62-56-50-44-36-16-14-12-10-8-2)97-80(85)65-59-53-47-41-35-38-43-49-55-61-73(5)6/h72-76,81H,7-71H2,1-6H3,(H,86,87)(H,88,89)/t74-,75+,76+/m0/s1. The molecule has 0 saturated carbocycles. The van der Waals surface area contributed by atoms with Crippen LogP contribution in [0.5, 0.6) is 0 Å². The summed E-state index contributed by atoms with van der Waals surface area (Å²) in [5.74, 6) is -0.569. The average Bonchev–Trinajstić information content (AvgIpc) is 1.00. The van der Waals surface area contributed by atoms with Crippen molar-refractivity contribution in [3.8, 4) is 0 Å². The lowest BCUT2D eigenvalue weighted by atomic mass is 10.0. The van der Waals surface area contributed by atoms with Crippen LogP contribution in [0.15, 0.2) is 0 Å². The molecule has 0 aromatic carbocycles. The third-order valence-corrected chi connectivity index (χ3v) is 20.6. The molecular formula is C80H156O17P2. The van der Waals surface area contributed by atoms with Gasteiger partial charge in [0.25, 0.3) is 0 Å². The minimum atomic E-state index is -4.96. The Bertz CT molecular complexity index is 1910. The highest BCUT2D eigenvalue weighted by Gasteiger charge is 2.30. The van der Waals surface area contributed by atoms with Crippen molar-refractivity contribution in [2.75, 3.05) is 39.6 Å². The van der Waals surface area contributed by atoms with E-state index in [0.717, 1.165) is 102 Å². The first-order chi connectivity index (χ1) is 47.9. The SMILES string of the molecule is CCCCCCCCCCCCCCCCCCCCCCC(=O)O[C@H](COC(=O)CCCCCCCCCCCCCCCCCC(C)C)COP(=O)(O)OC[C@@H](O)COP(=O)(O)OC[C@@H](COC(=O)CCCCCCCCCCC)OC(=O)CCCCCCCCCCCC(C)C. The number of hydrogen-bond acceptors (Lipinski definition) is 15. The quantitative estimate of drug-likeness (QED) is 0.0222. The van der Waals surface area contributed by atoms with Crippen LogP contribution in [0.1, 0.15) is 420 Å². The summed E-state index contributed by atoms with van der Waals surface area (Å²) >= 11 is 0. The Hall–Kier alpha value is -1.94. The second-order valence-electron chi connectivity index (χ2n) is 29.8. The van der Waals surface area contributed by atoms with Crippen molar-refractivity contribution in [3.63, 3.8) is 0 Å². The molecule has 3 N–H and O–H groups in total. The van der Waals surface area contributed by atoms with Crippen LogP contribution in [0.3, 0.4) is 0 Å². The van der Waals surface area contributed by atoms with Crippen molar-refractivity contribution in [2.24, 2.45) is 11.8 Å². The lowest BCUT2D eigenvalue weighted by Gasteiger charge is -2.21. The Morgan fingerprint density at radius 1 is 0.273 bits per heavy atom. The van der Waals surface area contributed by atoms with Crippen molar-refractivity contribution < 1.29 is 80.2 Å². The van der Waals surface area contributed by atoms with Gasteiger partial charge in [-0.1, -0.05) is 369 Å². The fourth-order valence-corrected chi connectivity index (χ4v) is 13.9. The molecule has 17 nitrogen and oxygen atoms in total. The molecule has 0 saturated heterocycles. The number of hydrogen-bond donors (Lipinski definition) is 3. The van der Waals surface area contributed by atoms with Gasteiger partial charge in [-0.3, -0.25) is 37.3 Å². The lowest BCUT2D eigenvalue weighted by Crippen LogP contribution is -2.30. The number of rotatable bonds is 79. The minimum absolute atomic E-state index is 0.106. The normalized spacial score (nSPS) is 13.9. The van der Waals surface area contributed by atoms with Gasteiger partial charge < -0.3 is 33.8 Å². The summed E-state index contributed by atoms with van der Waals surface area (Å²) in [4.78, 5) is 72.9. The van der Waals surface area contributed by atoms with Crippen LogP contribution in [0.4, 0.5) is 0 Å². The van der Waals surface area contributed by atoms with Crippen LogP contribution >= 0.6 is 15.6 Å². The molecule has 0 bridgehead atoms. The van der Waals surface area contributed by atoms with Crippen molar-refractivity contribution in [2.45, 2.75) is 439 Å². The highest BCUT2D eigenvalue weighted by molar-refractivity contribution is 7.47. The number of ether oxygens (including phenoxy) is 4. The van der Waals surface area contributed by atoms with E-state index < -0.39 is 97.5 Å². The Balaban J connectivity index is 5.20. The maximum Gasteiger partial charge on any atom is 0.472 e. The second kappa shape index (κ2) is 71.7. The van der Waals surface area contributed by atoms with Crippen LogP contribution in [-0.2, 0) is 65.4 Å². The molecule has 0 radical (unpaired) electrons. The van der Waals surface area contributed by atoms with Crippen LogP contribution in [0.2, 0.25) is 0 Å². The molecule has 99 heavy (non-hydrogen) atoms. The van der Waals surface area contributed by atoms with Crippen molar-refractivity contribution in [3.05, 3.63) is 0 Å². The van der Waals surface area contributed by atoms with E-state index in [0.29, 0.717) is 25.7 Å². The second-order valence-corrected chi connectivity index (χ2v) is 32.7. The van der Waals surface area contributed by atoms with Crippen LogP contribution in [0.25, 0.3) is 0 Å². The zero-order valence-electron chi connectivity index (χ0n) is 64.8. The molecule has 0 aliphatic heterocycles. The minimum Gasteiger partial charge on any atom is -0.462 e. The van der Waals surface area contributed by atoms with E-state index >= 15 is 0 Å². The molecule has 588 valence electrons. The fraction of sp³-hybridized carbons (Fsp3) is 0.950. The van der Waals surface area contributed by atoms with E-state index in [-0.39, 0.29) is 25.7 Å². The van der Waals surface area contributed by atoms with E-state index in [1.54, 1.807) is 0 Å². The third-order valence-electron chi connectivity index (χ3n) is 18.7. The number of phosphoric ester groups is 2. The summed E-state index contributed by atoms with van der Waals surface area (Å²) in [6.45, 7) is 9.61. The first kappa shape index (κ1) is 97.1. The number of aliphatic hydroxyl groups is 1. The molecule has 5 atom stereocenters. The van der Waals surface area contributed by atoms with Gasteiger partial charge >= 0.3 is 39.5 Å². The lowest BCUT2D eigenvalue weighted by molar-refractivity contribution is -0.161. The zero-order valence-corrected chi connectivity index (χ0v) is 66.6. The molecular weight excluding hydrogens is 1290 g/mol. The fourth-order valence-electron chi connectivity index (χ4n) is 12.4. The van der Waals surface area contributed by atoms with Gasteiger partial charge in [0.15, 0.2) is 12.2 Å². The van der Waals surface area contributed by atoms with Gasteiger partial charge in [0.05, 0.1) is 26.4 Å². The Labute approximate surface area is 607 Å². The largest absolute Gasteiger partial charge is 0.472 e. The van der Waals surface area contributed by atoms with Crippen LogP contribution in [0, 0.1) is 11.8 Å². The third kappa shape index (κ3) is 74.1. The van der Waals surface area contributed by atoms with Gasteiger partial charge in [0, 0.05) is 25.7 Å². The van der Waals surface area contributed by atoms with Gasteiger partial charge in [-0.15, -0.1) is 0 Å². The number of carbonyl (C=O) groups is 4. The Morgan fingerprint density at radius 3 is 0.687 bits per heavy atom. The molecule has 0 aliphatic rings. The summed E-state index contributed by atoms with van der Waals surface area (Å²) in [6, 6.07) is 0. The maximum atomic E-state index is 13.1. The highest BCUT2D eigenvalue weighted by atomic mass is 31.2. The van der Waals surface area contributed by atoms with Crippen molar-refractivity contribution in [1.29, 1.82) is 0 Å². The predicted molar refractivity (Wildman–Crippen MR) is 405 cm³/mol. The van der Waals surface area contributed by atoms with Gasteiger partial charge in [0.2, 0.25) is 0 Å². The summed E-state index contributed by atoms with van der Waals surface area (Å²) < 4.78 is 68.6. The Kier molecular flexibility index (Phi) is 70.3. The first-order valence-electron chi connectivity index (χ1n) is 41.5. The number of carbonyl (C=O) groups excluding carboxylic acids is 4. The average molecular weight is 1450 g/mol. The summed E-state index contributed by atoms with van der Waals surface area (Å²) in [6.07, 6.45) is 61.2. The van der Waals surface area contributed by atoms with Crippen molar-refractivity contribution in [1.82, 2.24) is 0 Å². The number of unbranched alkanes of at least 4 members (excludes halogenated alkanes) is 49. The highest BCUT2D eigenvalue weighted by Crippen LogP contribution is 2.45. The molecule has 0 spiro atoms. The monoisotopic (exact) mass is 1450 g/mol. The van der Waals surface area contributed by atoms with Gasteiger partial charge in [-0.2, -0.15) is 0 Å². The Morgan fingerprint density at radius 2 is 0.465 bits per heavy atom. The summed E-state index contributed by atoms with van der Waals surface area (Å²) in [5, 5.41) is 10.6. The smallest absolute Gasteiger partial charge is 0.462 e. The van der Waals surface area contributed by atoms with Gasteiger partial charge in [-0.25, -0.2) is 9.13 Å². The molecule has 0 aromatic heterocycles. The maximum absolute atomic E-state index is 13.1. The predicted octanol–water partition coefficient (Wildman–Crippen LogP) is 23.9. The van der Waals surface area contributed by atoms with E-state index in [9.17, 15) is 43.2 Å².